The molecule has 4 aromatic rings. The molecular weight excluding hydrogens is 396 g/mol. The SMILES string of the molecule is CN(C)CCCC(=O)Nc1ccc(-c2cc(-c3ccncc3)c(-c3ccccc3)[nH]2)cc1. The van der Waals surface area contributed by atoms with Gasteiger partial charge in [0.25, 0.3) is 0 Å². The first-order chi connectivity index (χ1) is 15.6. The molecule has 4 rings (SSSR count). The molecule has 2 N–H and O–H groups in total. The molecule has 0 atom stereocenters. The Bertz CT molecular complexity index is 1090. The number of nitrogens with one attached hydrogen (secondary N) is 2. The molecule has 0 radical (unpaired) electrons. The summed E-state index contributed by atoms with van der Waals surface area (Å²) < 4.78 is 0. The standard InChI is InChI=1S/C27H28N4O/c1-31(2)18-6-9-26(32)29-23-12-10-21(11-13-23)25-19-24(20-14-16-28-17-15-20)27(30-25)22-7-4-3-5-8-22/h3-5,7-8,10-17,19,30H,6,9,18H2,1-2H3,(H,29,32). The average Bonchev–Trinajstić information content (AvgIpc) is 3.26. The van der Waals surface area contributed by atoms with E-state index in [2.05, 4.69) is 38.4 Å². The number of pyridine rings is 1. The number of aromatic nitrogens is 2. The highest BCUT2D eigenvalue weighted by molar-refractivity contribution is 5.91. The fourth-order valence-corrected chi connectivity index (χ4v) is 3.71. The summed E-state index contributed by atoms with van der Waals surface area (Å²) in [5.74, 6) is 0.0470. The van der Waals surface area contributed by atoms with Gasteiger partial charge in [-0.25, -0.2) is 0 Å². The number of H-pyrrole nitrogens is 1. The molecular formula is C27H28N4O. The van der Waals surface area contributed by atoms with Gasteiger partial charge in [-0.3, -0.25) is 9.78 Å². The van der Waals surface area contributed by atoms with Crippen LogP contribution in [0, 0.1) is 0 Å². The molecule has 0 unspecified atom stereocenters. The maximum absolute atomic E-state index is 12.2. The van der Waals surface area contributed by atoms with Gasteiger partial charge in [-0.2, -0.15) is 0 Å². The van der Waals surface area contributed by atoms with Gasteiger partial charge in [-0.05, 0) is 74.1 Å². The Hall–Kier alpha value is -3.70. The number of nitrogens with zero attached hydrogens (tertiary/aromatic N) is 2. The molecule has 0 aliphatic rings. The minimum Gasteiger partial charge on any atom is -0.354 e. The number of benzene rings is 2. The van der Waals surface area contributed by atoms with E-state index in [1.165, 1.54) is 0 Å². The van der Waals surface area contributed by atoms with Gasteiger partial charge in [-0.1, -0.05) is 42.5 Å². The second-order valence-corrected chi connectivity index (χ2v) is 8.11. The van der Waals surface area contributed by atoms with Crippen LogP contribution in [0.5, 0.6) is 0 Å². The van der Waals surface area contributed by atoms with Gasteiger partial charge in [0, 0.05) is 35.8 Å². The molecule has 32 heavy (non-hydrogen) atoms. The lowest BCUT2D eigenvalue weighted by Crippen LogP contribution is -2.17. The highest BCUT2D eigenvalue weighted by atomic mass is 16.1. The van der Waals surface area contributed by atoms with Gasteiger partial charge in [0.1, 0.15) is 0 Å². The third-order valence-electron chi connectivity index (χ3n) is 5.36. The summed E-state index contributed by atoms with van der Waals surface area (Å²) in [5, 5.41) is 2.99. The first-order valence-corrected chi connectivity index (χ1v) is 10.8. The minimum atomic E-state index is 0.0470. The van der Waals surface area contributed by atoms with Gasteiger partial charge >= 0.3 is 0 Å². The van der Waals surface area contributed by atoms with Crippen LogP contribution in [0.25, 0.3) is 33.6 Å². The predicted molar refractivity (Wildman–Crippen MR) is 131 cm³/mol. The summed E-state index contributed by atoms with van der Waals surface area (Å²) in [4.78, 5) is 22.0. The maximum atomic E-state index is 12.2. The van der Waals surface area contributed by atoms with Crippen LogP contribution in [0.3, 0.4) is 0 Å². The van der Waals surface area contributed by atoms with Gasteiger partial charge in [0.2, 0.25) is 5.91 Å². The van der Waals surface area contributed by atoms with E-state index in [4.69, 9.17) is 0 Å². The smallest absolute Gasteiger partial charge is 0.224 e. The molecule has 0 bridgehead atoms. The van der Waals surface area contributed by atoms with Crippen molar-refractivity contribution in [3.63, 3.8) is 0 Å². The molecule has 0 saturated heterocycles. The highest BCUT2D eigenvalue weighted by Crippen LogP contribution is 2.35. The zero-order chi connectivity index (χ0) is 22.3. The Morgan fingerprint density at radius 3 is 2.31 bits per heavy atom. The summed E-state index contributed by atoms with van der Waals surface area (Å²) in [6.07, 6.45) is 4.99. The van der Waals surface area contributed by atoms with E-state index >= 15 is 0 Å². The van der Waals surface area contributed by atoms with Gasteiger partial charge in [0.05, 0.1) is 5.69 Å². The van der Waals surface area contributed by atoms with Crippen molar-refractivity contribution in [3.05, 3.63) is 85.2 Å². The van der Waals surface area contributed by atoms with Crippen molar-refractivity contribution in [2.45, 2.75) is 12.8 Å². The van der Waals surface area contributed by atoms with E-state index in [9.17, 15) is 4.79 Å². The van der Waals surface area contributed by atoms with Crippen LogP contribution in [-0.4, -0.2) is 41.4 Å². The fraction of sp³-hybridized carbons (Fsp3) is 0.185. The van der Waals surface area contributed by atoms with Crippen molar-refractivity contribution in [2.24, 2.45) is 0 Å². The first kappa shape index (κ1) is 21.5. The summed E-state index contributed by atoms with van der Waals surface area (Å²) in [6, 6.07) is 24.5. The summed E-state index contributed by atoms with van der Waals surface area (Å²) in [5.41, 5.74) is 7.35. The second kappa shape index (κ2) is 10.1. The monoisotopic (exact) mass is 424 g/mol. The third-order valence-corrected chi connectivity index (χ3v) is 5.36. The number of carbonyl (C=O) groups is 1. The summed E-state index contributed by atoms with van der Waals surface area (Å²) in [7, 11) is 4.03. The zero-order valence-corrected chi connectivity index (χ0v) is 18.5. The van der Waals surface area contributed by atoms with E-state index in [1.807, 2.05) is 81.1 Å². The molecule has 2 heterocycles. The van der Waals surface area contributed by atoms with Crippen LogP contribution >= 0.6 is 0 Å². The molecule has 5 nitrogen and oxygen atoms in total. The second-order valence-electron chi connectivity index (χ2n) is 8.11. The summed E-state index contributed by atoms with van der Waals surface area (Å²) >= 11 is 0. The van der Waals surface area contributed by atoms with Crippen LogP contribution in [-0.2, 0) is 4.79 Å². The van der Waals surface area contributed by atoms with E-state index in [-0.39, 0.29) is 5.91 Å². The Labute approximate surface area is 189 Å². The van der Waals surface area contributed by atoms with Crippen molar-refractivity contribution < 1.29 is 4.79 Å². The number of rotatable bonds is 8. The number of hydrogen-bond donors (Lipinski definition) is 2. The Balaban J connectivity index is 1.56. The van der Waals surface area contributed by atoms with Crippen molar-refractivity contribution in [2.75, 3.05) is 26.0 Å². The third kappa shape index (κ3) is 5.31. The maximum Gasteiger partial charge on any atom is 0.224 e. The molecule has 0 saturated carbocycles. The quantitative estimate of drug-likeness (QED) is 0.382. The van der Waals surface area contributed by atoms with Crippen LogP contribution < -0.4 is 5.32 Å². The molecule has 1 amide bonds. The van der Waals surface area contributed by atoms with Gasteiger partial charge < -0.3 is 15.2 Å². The van der Waals surface area contributed by atoms with E-state index in [1.54, 1.807) is 0 Å². The Morgan fingerprint density at radius 1 is 0.906 bits per heavy atom. The molecule has 5 heteroatoms. The van der Waals surface area contributed by atoms with Crippen LogP contribution in [0.4, 0.5) is 5.69 Å². The molecule has 2 aromatic heterocycles. The lowest BCUT2D eigenvalue weighted by Gasteiger charge is -2.09. The number of hydrogen-bond acceptors (Lipinski definition) is 3. The molecule has 162 valence electrons. The first-order valence-electron chi connectivity index (χ1n) is 10.8. The van der Waals surface area contributed by atoms with E-state index in [0.717, 1.165) is 52.3 Å². The topological polar surface area (TPSA) is 61.0 Å². The minimum absolute atomic E-state index is 0.0470. The summed E-state index contributed by atoms with van der Waals surface area (Å²) in [6.45, 7) is 0.905. The fourth-order valence-electron chi connectivity index (χ4n) is 3.71. The Kier molecular flexibility index (Phi) is 6.78. The number of anilines is 1. The normalized spacial score (nSPS) is 11.0. The number of aromatic amines is 1. The lowest BCUT2D eigenvalue weighted by molar-refractivity contribution is -0.116. The van der Waals surface area contributed by atoms with Gasteiger partial charge in [-0.15, -0.1) is 0 Å². The van der Waals surface area contributed by atoms with Crippen molar-refractivity contribution in [1.82, 2.24) is 14.9 Å². The molecule has 2 aromatic carbocycles. The number of carbonyl (C=O) groups excluding carboxylic acids is 1. The average molecular weight is 425 g/mol. The van der Waals surface area contributed by atoms with Crippen LogP contribution in [0.15, 0.2) is 85.2 Å². The molecule has 0 fully saturated rings. The van der Waals surface area contributed by atoms with Crippen molar-refractivity contribution in [3.8, 4) is 33.6 Å². The van der Waals surface area contributed by atoms with E-state index in [0.29, 0.717) is 6.42 Å². The molecule has 0 aliphatic heterocycles. The predicted octanol–water partition coefficient (Wildman–Crippen LogP) is 5.69. The highest BCUT2D eigenvalue weighted by Gasteiger charge is 2.13. The largest absolute Gasteiger partial charge is 0.354 e. The number of amides is 1. The van der Waals surface area contributed by atoms with Crippen LogP contribution in [0.1, 0.15) is 12.8 Å². The van der Waals surface area contributed by atoms with E-state index < -0.39 is 0 Å². The van der Waals surface area contributed by atoms with Crippen molar-refractivity contribution >= 4 is 11.6 Å². The van der Waals surface area contributed by atoms with Crippen LogP contribution in [0.2, 0.25) is 0 Å². The lowest BCUT2D eigenvalue weighted by atomic mass is 10.0. The molecule has 0 aliphatic carbocycles. The Morgan fingerprint density at radius 2 is 1.62 bits per heavy atom. The van der Waals surface area contributed by atoms with Gasteiger partial charge in [0.15, 0.2) is 0 Å². The van der Waals surface area contributed by atoms with Crippen molar-refractivity contribution in [1.29, 1.82) is 0 Å². The molecule has 0 spiro atoms. The zero-order valence-electron chi connectivity index (χ0n) is 18.5.